The minimum Gasteiger partial charge on any atom is -0.473 e. The summed E-state index contributed by atoms with van der Waals surface area (Å²) < 4.78 is 2.42. The van der Waals surface area contributed by atoms with Crippen LogP contribution in [0.1, 0.15) is 18.1 Å². The molecule has 0 spiro atoms. The van der Waals surface area contributed by atoms with Gasteiger partial charge in [-0.25, -0.2) is 9.59 Å². The molecule has 0 saturated carbocycles. The molecular formula is C28H30ClN3O4. The molecule has 0 amide bonds. The van der Waals surface area contributed by atoms with Crippen LogP contribution < -0.4 is 0 Å². The number of fused-ring (bicyclic) bond motifs is 3. The second-order valence-electron chi connectivity index (χ2n) is 8.87. The van der Waals surface area contributed by atoms with E-state index in [9.17, 15) is 0 Å². The van der Waals surface area contributed by atoms with Crippen LogP contribution in [0.2, 0.25) is 5.02 Å². The minimum atomic E-state index is -1.82. The van der Waals surface area contributed by atoms with Crippen LogP contribution >= 0.6 is 11.6 Å². The Balaban J connectivity index is 0.000000455. The van der Waals surface area contributed by atoms with Crippen LogP contribution in [0.25, 0.3) is 21.8 Å². The number of rotatable bonds is 5. The number of benzene rings is 3. The van der Waals surface area contributed by atoms with Gasteiger partial charge >= 0.3 is 11.9 Å². The summed E-state index contributed by atoms with van der Waals surface area (Å²) in [6.45, 7) is 9.54. The van der Waals surface area contributed by atoms with Gasteiger partial charge in [-0.2, -0.15) is 0 Å². The van der Waals surface area contributed by atoms with Crippen molar-refractivity contribution in [3.63, 3.8) is 0 Å². The first-order chi connectivity index (χ1) is 17.4. The maximum absolute atomic E-state index is 9.10. The average molecular weight is 508 g/mol. The number of piperazine rings is 1. The summed E-state index contributed by atoms with van der Waals surface area (Å²) in [5, 5.41) is 18.4. The van der Waals surface area contributed by atoms with Crippen molar-refractivity contribution in [2.45, 2.75) is 26.6 Å². The molecule has 1 aliphatic heterocycles. The van der Waals surface area contributed by atoms with E-state index in [2.05, 4.69) is 75.9 Å². The highest BCUT2D eigenvalue weighted by molar-refractivity contribution is 6.31. The van der Waals surface area contributed by atoms with Crippen molar-refractivity contribution < 1.29 is 19.8 Å². The molecule has 0 aliphatic carbocycles. The fourth-order valence-electron chi connectivity index (χ4n) is 4.77. The summed E-state index contributed by atoms with van der Waals surface area (Å²) in [5.74, 6) is -3.65. The van der Waals surface area contributed by atoms with Crippen molar-refractivity contribution in [3.05, 3.63) is 82.9 Å². The van der Waals surface area contributed by atoms with Gasteiger partial charge < -0.3 is 14.8 Å². The molecule has 0 radical (unpaired) electrons. The lowest BCUT2D eigenvalue weighted by atomic mass is 10.1. The first-order valence-electron chi connectivity index (χ1n) is 12.0. The maximum atomic E-state index is 9.10. The number of carbonyl (C=O) groups is 2. The number of aliphatic carboxylic acids is 2. The fraction of sp³-hybridized carbons (Fsp3) is 0.286. The van der Waals surface area contributed by atoms with Gasteiger partial charge in [-0.3, -0.25) is 9.80 Å². The molecule has 4 aromatic rings. The third-order valence-corrected chi connectivity index (χ3v) is 6.93. The maximum Gasteiger partial charge on any atom is 0.414 e. The van der Waals surface area contributed by atoms with Crippen LogP contribution in [0.15, 0.2) is 66.7 Å². The van der Waals surface area contributed by atoms with Gasteiger partial charge in [-0.1, -0.05) is 54.1 Å². The largest absolute Gasteiger partial charge is 0.473 e. The standard InChI is InChI=1S/C26H28ClN3.C2H2O4/c1-2-30-25-10-6-4-8-22(25)23-17-20(11-12-26(23)30)18-28-13-15-29(16-14-28)19-21-7-3-5-9-24(21)27;3-1(4)2(5)6/h3-12,17H,2,13-16,18-19H2,1H3;(H,3,4)(H,5,6). The molecule has 1 aliphatic rings. The van der Waals surface area contributed by atoms with Gasteiger partial charge in [0.2, 0.25) is 0 Å². The molecule has 36 heavy (non-hydrogen) atoms. The molecule has 1 saturated heterocycles. The summed E-state index contributed by atoms with van der Waals surface area (Å²) in [5.41, 5.74) is 5.30. The van der Waals surface area contributed by atoms with Gasteiger partial charge in [0, 0.05) is 72.6 Å². The predicted molar refractivity (Wildman–Crippen MR) is 142 cm³/mol. The van der Waals surface area contributed by atoms with Gasteiger partial charge in [0.1, 0.15) is 0 Å². The Morgan fingerprint density at radius 1 is 0.778 bits per heavy atom. The summed E-state index contributed by atoms with van der Waals surface area (Å²) in [6.07, 6.45) is 0. The van der Waals surface area contributed by atoms with Crippen molar-refractivity contribution in [2.75, 3.05) is 26.2 Å². The number of hydrogen-bond acceptors (Lipinski definition) is 4. The summed E-state index contributed by atoms with van der Waals surface area (Å²) in [4.78, 5) is 23.3. The monoisotopic (exact) mass is 507 g/mol. The number of aromatic nitrogens is 1. The van der Waals surface area contributed by atoms with Crippen molar-refractivity contribution in [3.8, 4) is 0 Å². The third kappa shape index (κ3) is 5.87. The van der Waals surface area contributed by atoms with Crippen molar-refractivity contribution in [2.24, 2.45) is 0 Å². The van der Waals surface area contributed by atoms with Gasteiger partial charge in [0.05, 0.1) is 0 Å². The number of para-hydroxylation sites is 1. The molecule has 0 unspecified atom stereocenters. The number of nitrogens with zero attached hydrogens (tertiary/aromatic N) is 3. The number of aryl methyl sites for hydroxylation is 1. The van der Waals surface area contributed by atoms with Gasteiger partial charge in [0.25, 0.3) is 0 Å². The molecule has 188 valence electrons. The zero-order valence-electron chi connectivity index (χ0n) is 20.2. The van der Waals surface area contributed by atoms with Crippen LogP contribution in [-0.2, 0) is 29.2 Å². The van der Waals surface area contributed by atoms with E-state index >= 15 is 0 Å². The summed E-state index contributed by atoms with van der Waals surface area (Å²) in [7, 11) is 0. The van der Waals surface area contributed by atoms with Crippen LogP contribution in [0.5, 0.6) is 0 Å². The van der Waals surface area contributed by atoms with Crippen molar-refractivity contribution >= 4 is 45.3 Å². The second kappa shape index (κ2) is 11.6. The molecule has 2 N–H and O–H groups in total. The number of halogens is 1. The first kappa shape index (κ1) is 25.7. The highest BCUT2D eigenvalue weighted by Crippen LogP contribution is 2.30. The summed E-state index contributed by atoms with van der Waals surface area (Å²) in [6, 6.07) is 24.0. The Morgan fingerprint density at radius 2 is 1.36 bits per heavy atom. The topological polar surface area (TPSA) is 86.0 Å². The normalized spacial score (nSPS) is 14.5. The average Bonchev–Trinajstić information content (AvgIpc) is 3.20. The Bertz CT molecular complexity index is 1360. The van der Waals surface area contributed by atoms with Crippen LogP contribution in [0.3, 0.4) is 0 Å². The molecule has 5 rings (SSSR count). The molecule has 0 bridgehead atoms. The molecule has 8 heteroatoms. The Labute approximate surface area is 215 Å². The lowest BCUT2D eigenvalue weighted by Gasteiger charge is -2.35. The van der Waals surface area contributed by atoms with Crippen LogP contribution in [0, 0.1) is 0 Å². The van der Waals surface area contributed by atoms with E-state index in [-0.39, 0.29) is 0 Å². The van der Waals surface area contributed by atoms with E-state index in [1.54, 1.807) is 0 Å². The van der Waals surface area contributed by atoms with E-state index in [1.807, 2.05) is 12.1 Å². The molecule has 2 heterocycles. The van der Waals surface area contributed by atoms with Gasteiger partial charge in [0.15, 0.2) is 0 Å². The Morgan fingerprint density at radius 3 is 2.00 bits per heavy atom. The zero-order valence-corrected chi connectivity index (χ0v) is 21.0. The fourth-order valence-corrected chi connectivity index (χ4v) is 4.97. The molecule has 7 nitrogen and oxygen atoms in total. The van der Waals surface area contributed by atoms with Crippen LogP contribution in [0.4, 0.5) is 0 Å². The lowest BCUT2D eigenvalue weighted by Crippen LogP contribution is -2.45. The van der Waals surface area contributed by atoms with Crippen molar-refractivity contribution in [1.82, 2.24) is 14.4 Å². The molecule has 1 fully saturated rings. The second-order valence-corrected chi connectivity index (χ2v) is 9.27. The smallest absolute Gasteiger partial charge is 0.414 e. The Hall–Kier alpha value is -3.39. The first-order valence-corrected chi connectivity index (χ1v) is 12.4. The van der Waals surface area contributed by atoms with E-state index in [0.717, 1.165) is 50.8 Å². The Kier molecular flexibility index (Phi) is 8.25. The predicted octanol–water partition coefficient (Wildman–Crippen LogP) is 4.94. The van der Waals surface area contributed by atoms with Gasteiger partial charge in [-0.15, -0.1) is 0 Å². The highest BCUT2D eigenvalue weighted by Gasteiger charge is 2.18. The number of carboxylic acids is 2. The van der Waals surface area contributed by atoms with E-state index < -0.39 is 11.9 Å². The zero-order chi connectivity index (χ0) is 25.7. The van der Waals surface area contributed by atoms with Crippen molar-refractivity contribution in [1.29, 1.82) is 0 Å². The molecule has 3 aromatic carbocycles. The molecular weight excluding hydrogens is 478 g/mol. The van der Waals surface area contributed by atoms with E-state index in [0.29, 0.717) is 0 Å². The summed E-state index contributed by atoms with van der Waals surface area (Å²) >= 11 is 6.34. The minimum absolute atomic E-state index is 0.875. The third-order valence-electron chi connectivity index (χ3n) is 6.56. The molecule has 0 atom stereocenters. The quantitative estimate of drug-likeness (QED) is 0.372. The number of hydrogen-bond donors (Lipinski definition) is 2. The molecule has 1 aromatic heterocycles. The lowest BCUT2D eigenvalue weighted by molar-refractivity contribution is -0.159. The highest BCUT2D eigenvalue weighted by atomic mass is 35.5. The number of carboxylic acid groups (broad SMARTS) is 2. The SMILES string of the molecule is CCn1c2ccccc2c2cc(CN3CCN(Cc4ccccc4Cl)CC3)ccc21.O=C(O)C(=O)O. The van der Waals surface area contributed by atoms with Gasteiger partial charge in [-0.05, 0) is 42.3 Å². The van der Waals surface area contributed by atoms with E-state index in [1.165, 1.54) is 32.9 Å². The van der Waals surface area contributed by atoms with E-state index in [4.69, 9.17) is 31.4 Å². The van der Waals surface area contributed by atoms with Crippen LogP contribution in [-0.4, -0.2) is 62.7 Å².